The molecule has 2 heterocycles. The monoisotopic (exact) mass is 1390 g/mol. The van der Waals surface area contributed by atoms with Crippen LogP contribution in [0.15, 0.2) is 33.5 Å². The van der Waals surface area contributed by atoms with Crippen LogP contribution >= 0.6 is 0 Å². The first-order valence-corrected chi connectivity index (χ1v) is 30.7. The van der Waals surface area contributed by atoms with E-state index in [0.29, 0.717) is 24.4 Å². The van der Waals surface area contributed by atoms with E-state index in [2.05, 4.69) is 82.5 Å². The van der Waals surface area contributed by atoms with Crippen LogP contribution in [-0.4, -0.2) is 210 Å². The molecule has 1 saturated heterocycles. The molecule has 4 aliphatic carbocycles. The number of nitrogens with one attached hydrogen (secondary N) is 7. The minimum Gasteiger partial charge on any atom is -0.475 e. The van der Waals surface area contributed by atoms with Gasteiger partial charge in [0.15, 0.2) is 0 Å². The standard InChI is InChI=1S/C50H84N10O7.4C2HF3O2/c1-35(2)7-6-8-36(3)40-11-12-41-39-10-9-37-31-38(13-16-49(37,4)42(39)14-17-50(40,41)5)67-48(66)56-23-22-54-45(63)33-59(46(64)34-60-27-15-43(61)57-47(60)65)30-26-55-44(62)32-58-28-24-52-20-18-51-19-21-53-25-29-58;4*3-2(4,5)1(6)7/h9,15,27,35-36,38-42,51-53H,6-8,10-14,16-26,28-34H2,1-5H3,(H,54,63)(H,55,62)(H,56,66)(H,57,61,65);4*(H,6,7)/t36-,38+,39+,40-,41+,42+,49+,50-;;;;/m1..../s1. The van der Waals surface area contributed by atoms with Crippen LogP contribution < -0.4 is 43.1 Å². The quantitative estimate of drug-likeness (QED) is 0.0501. The van der Waals surface area contributed by atoms with E-state index >= 15 is 0 Å². The highest BCUT2D eigenvalue weighted by molar-refractivity contribution is 5.85. The summed E-state index contributed by atoms with van der Waals surface area (Å²) in [5.74, 6) is -7.63. The first kappa shape index (κ1) is 84.1. The number of aliphatic carboxylic acids is 4. The number of alkyl halides is 12. The maximum absolute atomic E-state index is 13.5. The predicted octanol–water partition coefficient (Wildman–Crippen LogP) is 5.35. The second-order valence-electron chi connectivity index (χ2n) is 24.5. The Bertz CT molecular complexity index is 2710. The van der Waals surface area contributed by atoms with E-state index in [1.54, 1.807) is 0 Å². The minimum absolute atomic E-state index is 0.00738. The number of amides is 4. The molecule has 37 heteroatoms. The molecule has 6 rings (SSSR count). The van der Waals surface area contributed by atoms with Crippen LogP contribution in [0.4, 0.5) is 57.5 Å². The Hall–Kier alpha value is -7.02. The van der Waals surface area contributed by atoms with Gasteiger partial charge in [-0.05, 0) is 91.3 Å². The van der Waals surface area contributed by atoms with Crippen LogP contribution in [0.5, 0.6) is 0 Å². The number of aromatic amines is 1. The van der Waals surface area contributed by atoms with Gasteiger partial charge in [-0.1, -0.05) is 65.5 Å². The first-order chi connectivity index (χ1) is 43.9. The van der Waals surface area contributed by atoms with Gasteiger partial charge in [0.25, 0.3) is 5.56 Å². The van der Waals surface area contributed by atoms with Crippen LogP contribution in [0.1, 0.15) is 105 Å². The van der Waals surface area contributed by atoms with Crippen molar-refractivity contribution in [3.05, 3.63) is 44.8 Å². The smallest absolute Gasteiger partial charge is 0.475 e. The fourth-order valence-corrected chi connectivity index (χ4v) is 12.7. The van der Waals surface area contributed by atoms with Crippen molar-refractivity contribution in [1.29, 1.82) is 0 Å². The van der Waals surface area contributed by atoms with Gasteiger partial charge in [0.05, 0.1) is 13.1 Å². The van der Waals surface area contributed by atoms with Crippen LogP contribution in [0, 0.1) is 46.3 Å². The van der Waals surface area contributed by atoms with Crippen molar-refractivity contribution < 1.29 is 116 Å². The maximum atomic E-state index is 13.5. The average molecular weight is 1390 g/mol. The van der Waals surface area contributed by atoms with Gasteiger partial charge in [-0.2, -0.15) is 52.7 Å². The lowest BCUT2D eigenvalue weighted by Crippen LogP contribution is -2.51. The van der Waals surface area contributed by atoms with E-state index in [9.17, 15) is 81.5 Å². The number of carboxylic acids is 4. The number of hydrogen-bond acceptors (Lipinski definition) is 15. The highest BCUT2D eigenvalue weighted by Gasteiger charge is 2.59. The number of H-pyrrole nitrogens is 1. The largest absolute Gasteiger partial charge is 0.490 e. The van der Waals surface area contributed by atoms with Crippen LogP contribution in [0.3, 0.4) is 0 Å². The van der Waals surface area contributed by atoms with E-state index in [0.717, 1.165) is 105 Å². The number of carbonyl (C=O) groups excluding carboxylic acids is 4. The molecule has 0 radical (unpaired) electrons. The fourth-order valence-electron chi connectivity index (χ4n) is 12.7. The Morgan fingerprint density at radius 1 is 0.653 bits per heavy atom. The zero-order valence-corrected chi connectivity index (χ0v) is 53.3. The van der Waals surface area contributed by atoms with Gasteiger partial charge < -0.3 is 62.0 Å². The van der Waals surface area contributed by atoms with Crippen molar-refractivity contribution in [2.24, 2.45) is 46.3 Å². The molecule has 5 aliphatic rings. The molecule has 0 aromatic carbocycles. The highest BCUT2D eigenvalue weighted by atomic mass is 19.4. The van der Waals surface area contributed by atoms with E-state index in [1.165, 1.54) is 61.6 Å². The van der Waals surface area contributed by atoms with Crippen molar-refractivity contribution >= 4 is 47.7 Å². The predicted molar refractivity (Wildman–Crippen MR) is 315 cm³/mol. The highest BCUT2D eigenvalue weighted by Crippen LogP contribution is 2.67. The molecule has 1 aromatic rings. The zero-order valence-electron chi connectivity index (χ0n) is 53.3. The van der Waals surface area contributed by atoms with Gasteiger partial charge in [0.1, 0.15) is 12.6 Å². The molecule has 0 spiro atoms. The number of aromatic nitrogens is 2. The van der Waals surface area contributed by atoms with Crippen molar-refractivity contribution in [2.75, 3.05) is 91.6 Å². The molecule has 4 amide bonds. The summed E-state index contributed by atoms with van der Waals surface area (Å²) in [5.41, 5.74) is 0.726. The summed E-state index contributed by atoms with van der Waals surface area (Å²) in [4.78, 5) is 118. The maximum Gasteiger partial charge on any atom is 0.490 e. The average Bonchev–Trinajstić information content (AvgIpc) is 1.69. The third kappa shape index (κ3) is 29.9. The van der Waals surface area contributed by atoms with E-state index in [4.69, 9.17) is 44.3 Å². The molecule has 11 N–H and O–H groups in total. The molecule has 0 unspecified atom stereocenters. The van der Waals surface area contributed by atoms with Gasteiger partial charge in [-0.25, -0.2) is 28.8 Å². The summed E-state index contributed by atoms with van der Waals surface area (Å²) < 4.78 is 134. The summed E-state index contributed by atoms with van der Waals surface area (Å²) in [6.45, 7) is 18.4. The number of nitrogens with zero attached hydrogens (tertiary/aromatic N) is 3. The van der Waals surface area contributed by atoms with Gasteiger partial charge in [-0.3, -0.25) is 33.6 Å². The number of fused-ring (bicyclic) bond motifs is 5. The molecule has 25 nitrogen and oxygen atoms in total. The van der Waals surface area contributed by atoms with Gasteiger partial charge in [-0.15, -0.1) is 0 Å². The van der Waals surface area contributed by atoms with E-state index in [-0.39, 0.29) is 56.7 Å². The molecular formula is C58H88F12N10O15. The summed E-state index contributed by atoms with van der Waals surface area (Å²) >= 11 is 0. The molecule has 1 aliphatic heterocycles. The van der Waals surface area contributed by atoms with Crippen molar-refractivity contribution in [3.63, 3.8) is 0 Å². The summed E-state index contributed by atoms with van der Waals surface area (Å²) in [7, 11) is 0. The zero-order chi connectivity index (χ0) is 72.3. The lowest BCUT2D eigenvalue weighted by atomic mass is 9.47. The topological polar surface area (TPSA) is 360 Å². The molecule has 0 bridgehead atoms. The first-order valence-electron chi connectivity index (χ1n) is 30.7. The summed E-state index contributed by atoms with van der Waals surface area (Å²) in [6.07, 6.45) is -4.12. The van der Waals surface area contributed by atoms with Crippen LogP contribution in [0.2, 0.25) is 0 Å². The molecular weight excluding hydrogens is 1300 g/mol. The Morgan fingerprint density at radius 2 is 1.16 bits per heavy atom. The number of alkyl carbamates (subject to hydrolysis) is 1. The molecule has 4 fully saturated rings. The molecule has 1 aromatic heterocycles. The third-order valence-corrected chi connectivity index (χ3v) is 17.3. The Labute approximate surface area is 539 Å². The van der Waals surface area contributed by atoms with Crippen molar-refractivity contribution in [1.82, 2.24) is 51.3 Å². The normalized spacial score (nSPS) is 23.5. The Morgan fingerprint density at radius 3 is 1.66 bits per heavy atom. The molecule has 8 atom stereocenters. The number of carbonyl (C=O) groups is 8. The lowest BCUT2D eigenvalue weighted by molar-refractivity contribution is -0.193. The number of carboxylic acid groups (broad SMARTS) is 4. The number of rotatable bonds is 18. The third-order valence-electron chi connectivity index (χ3n) is 17.3. The SMILES string of the molecule is CC(C)CCC[C@@H](C)[C@H]1CC[C@H]2[C@@H]3CC=C4C[C@@H](OC(=O)NCCNC(=O)CN(CCNC(=O)CN5CCNCCNCCNCC5)C(=O)Cn5ccc(=O)[nH]c5=O)CC[C@]4(C)[C@H]3CC[C@]12C.O=C(O)C(F)(F)F.O=C(O)C(F)(F)F.O=C(O)C(F)(F)F.O=C(O)C(F)(F)F. The Kier molecular flexibility index (Phi) is 34.2. The molecule has 544 valence electrons. The molecule has 95 heavy (non-hydrogen) atoms. The van der Waals surface area contributed by atoms with Crippen LogP contribution in [0.25, 0.3) is 0 Å². The van der Waals surface area contributed by atoms with Gasteiger partial charge >= 0.3 is 60.4 Å². The lowest BCUT2D eigenvalue weighted by Gasteiger charge is -2.58. The van der Waals surface area contributed by atoms with E-state index in [1.807, 2.05) is 0 Å². The van der Waals surface area contributed by atoms with Crippen LogP contribution in [-0.2, 0) is 44.8 Å². The number of halogens is 12. The van der Waals surface area contributed by atoms with Gasteiger partial charge in [0, 0.05) is 97.2 Å². The minimum atomic E-state index is -5.08. The second-order valence-corrected chi connectivity index (χ2v) is 24.5. The Balaban J connectivity index is 0.000000910. The number of hydrogen-bond donors (Lipinski definition) is 11. The van der Waals surface area contributed by atoms with Gasteiger partial charge in [0.2, 0.25) is 17.7 Å². The van der Waals surface area contributed by atoms with Crippen molar-refractivity contribution in [3.8, 4) is 0 Å². The number of allylic oxidation sites excluding steroid dienone is 1. The number of ether oxygens (including phenoxy) is 1. The summed E-state index contributed by atoms with van der Waals surface area (Å²) in [6, 6.07) is 1.14. The second kappa shape index (κ2) is 38.7. The summed E-state index contributed by atoms with van der Waals surface area (Å²) in [5, 5.41) is 47.0. The molecule has 3 saturated carbocycles. The van der Waals surface area contributed by atoms with Crippen molar-refractivity contribution in [2.45, 2.75) is 143 Å². The van der Waals surface area contributed by atoms with E-state index < -0.39 is 84.3 Å². The fraction of sp³-hybridized carbons (Fsp3) is 0.759.